The number of aliphatic carboxylic acids is 1. The molecule has 1 saturated carbocycles. The van der Waals surface area contributed by atoms with Gasteiger partial charge in [0, 0.05) is 23.6 Å². The van der Waals surface area contributed by atoms with Gasteiger partial charge >= 0.3 is 5.97 Å². The zero-order valence-electron chi connectivity index (χ0n) is 11.7. The Morgan fingerprint density at radius 3 is 2.11 bits per heavy atom. The lowest BCUT2D eigenvalue weighted by Gasteiger charge is -2.38. The van der Waals surface area contributed by atoms with E-state index in [1.165, 1.54) is 0 Å². The van der Waals surface area contributed by atoms with Crippen molar-refractivity contribution in [1.82, 2.24) is 4.90 Å². The molecule has 0 aromatic rings. The summed E-state index contributed by atoms with van der Waals surface area (Å²) in [5.74, 6) is -1.49. The van der Waals surface area contributed by atoms with Crippen LogP contribution in [-0.2, 0) is 9.59 Å². The Hall–Kier alpha value is -0.710. The van der Waals surface area contributed by atoms with E-state index in [0.717, 1.165) is 32.4 Å². The first-order chi connectivity index (χ1) is 8.99. The van der Waals surface area contributed by atoms with Gasteiger partial charge in [-0.05, 0) is 12.8 Å². The van der Waals surface area contributed by atoms with Crippen molar-refractivity contribution >= 4 is 23.6 Å². The van der Waals surface area contributed by atoms with Crippen molar-refractivity contribution in [3.8, 4) is 0 Å². The van der Waals surface area contributed by atoms with Crippen LogP contribution in [0, 0.1) is 11.8 Å². The van der Waals surface area contributed by atoms with E-state index in [1.807, 2.05) is 16.7 Å². The highest BCUT2D eigenvalue weighted by Crippen LogP contribution is 2.33. The summed E-state index contributed by atoms with van der Waals surface area (Å²) >= 11 is 1.91. The van der Waals surface area contributed by atoms with Crippen LogP contribution in [0.15, 0.2) is 0 Å². The van der Waals surface area contributed by atoms with Gasteiger partial charge in [-0.2, -0.15) is 11.8 Å². The van der Waals surface area contributed by atoms with E-state index < -0.39 is 11.9 Å². The molecule has 1 amide bonds. The summed E-state index contributed by atoms with van der Waals surface area (Å²) in [7, 11) is 0. The van der Waals surface area contributed by atoms with Crippen molar-refractivity contribution in [1.29, 1.82) is 0 Å². The molecule has 0 radical (unpaired) electrons. The molecular weight excluding hydrogens is 262 g/mol. The van der Waals surface area contributed by atoms with Crippen LogP contribution in [0.2, 0.25) is 0 Å². The van der Waals surface area contributed by atoms with Crippen LogP contribution >= 0.6 is 11.8 Å². The first kappa shape index (κ1) is 14.7. The molecule has 0 aromatic carbocycles. The lowest BCUT2D eigenvalue weighted by Crippen LogP contribution is -2.49. The van der Waals surface area contributed by atoms with E-state index in [9.17, 15) is 14.7 Å². The summed E-state index contributed by atoms with van der Waals surface area (Å²) in [6, 6.07) is 0. The molecule has 2 aliphatic rings. The summed E-state index contributed by atoms with van der Waals surface area (Å²) < 4.78 is 0. The Balaban J connectivity index is 2.06. The second-order valence-electron chi connectivity index (χ2n) is 5.84. The number of rotatable bonds is 2. The molecule has 1 heterocycles. The van der Waals surface area contributed by atoms with Crippen molar-refractivity contribution in [2.75, 3.05) is 13.1 Å². The monoisotopic (exact) mass is 285 g/mol. The highest BCUT2D eigenvalue weighted by atomic mass is 32.2. The van der Waals surface area contributed by atoms with Crippen LogP contribution in [-0.4, -0.2) is 45.5 Å². The molecule has 2 fully saturated rings. The minimum atomic E-state index is -0.800. The summed E-state index contributed by atoms with van der Waals surface area (Å²) in [6.07, 6.45) is 3.30. The molecule has 1 aliphatic heterocycles. The summed E-state index contributed by atoms with van der Waals surface area (Å²) in [5, 5.41) is 10.2. The number of carboxylic acids is 1. The summed E-state index contributed by atoms with van der Waals surface area (Å²) in [4.78, 5) is 25.8. The Morgan fingerprint density at radius 2 is 1.58 bits per heavy atom. The fourth-order valence-electron chi connectivity index (χ4n) is 3.31. The number of carbonyl (C=O) groups excluding carboxylic acids is 1. The van der Waals surface area contributed by atoms with Crippen molar-refractivity contribution in [3.63, 3.8) is 0 Å². The minimum absolute atomic E-state index is 0.0751. The molecule has 108 valence electrons. The molecule has 4 atom stereocenters. The predicted octanol–water partition coefficient (Wildman–Crippen LogP) is 2.23. The minimum Gasteiger partial charge on any atom is -0.481 e. The average molecular weight is 285 g/mol. The van der Waals surface area contributed by atoms with Gasteiger partial charge in [0.1, 0.15) is 0 Å². The Kier molecular flexibility index (Phi) is 4.76. The number of nitrogens with zero attached hydrogens (tertiary/aromatic N) is 1. The Morgan fingerprint density at radius 1 is 1.05 bits per heavy atom. The van der Waals surface area contributed by atoms with Crippen LogP contribution in [0.4, 0.5) is 0 Å². The first-order valence-corrected chi connectivity index (χ1v) is 8.10. The number of carbonyl (C=O) groups is 2. The summed E-state index contributed by atoms with van der Waals surface area (Å²) in [6.45, 7) is 5.79. The molecule has 0 spiro atoms. The standard InChI is InChI=1S/C14H23NO3S/c1-9-7-15(8-10(2)19-9)13(16)11-5-3-4-6-12(11)14(17)18/h9-12H,3-8H2,1-2H3,(H,17,18). The third-order valence-corrected chi connectivity index (χ3v) is 5.36. The molecule has 1 N–H and O–H groups in total. The van der Waals surface area contributed by atoms with Crippen LogP contribution in [0.3, 0.4) is 0 Å². The van der Waals surface area contributed by atoms with Crippen LogP contribution in [0.5, 0.6) is 0 Å². The molecule has 19 heavy (non-hydrogen) atoms. The zero-order valence-corrected chi connectivity index (χ0v) is 12.5. The van der Waals surface area contributed by atoms with E-state index in [1.54, 1.807) is 0 Å². The molecule has 2 rings (SSSR count). The second kappa shape index (κ2) is 6.16. The van der Waals surface area contributed by atoms with E-state index >= 15 is 0 Å². The van der Waals surface area contributed by atoms with Crippen LogP contribution in [0.1, 0.15) is 39.5 Å². The number of amides is 1. The lowest BCUT2D eigenvalue weighted by atomic mass is 9.78. The van der Waals surface area contributed by atoms with Gasteiger partial charge in [-0.3, -0.25) is 9.59 Å². The van der Waals surface area contributed by atoms with Gasteiger partial charge in [0.05, 0.1) is 11.8 Å². The number of hydrogen-bond acceptors (Lipinski definition) is 3. The quantitative estimate of drug-likeness (QED) is 0.845. The SMILES string of the molecule is CC1CN(C(=O)C2CCCCC2C(=O)O)CC(C)S1. The van der Waals surface area contributed by atoms with Gasteiger partial charge in [-0.15, -0.1) is 0 Å². The van der Waals surface area contributed by atoms with Crippen molar-refractivity contribution < 1.29 is 14.7 Å². The Bertz CT molecular complexity index is 351. The van der Waals surface area contributed by atoms with E-state index in [0.29, 0.717) is 16.9 Å². The van der Waals surface area contributed by atoms with E-state index in [-0.39, 0.29) is 11.8 Å². The van der Waals surface area contributed by atoms with Gasteiger partial charge in [-0.1, -0.05) is 26.7 Å². The van der Waals surface area contributed by atoms with Crippen molar-refractivity contribution in [2.45, 2.75) is 50.0 Å². The predicted molar refractivity (Wildman–Crippen MR) is 76.2 cm³/mol. The number of thioether (sulfide) groups is 1. The van der Waals surface area contributed by atoms with Crippen LogP contribution in [0.25, 0.3) is 0 Å². The third-order valence-electron chi connectivity index (χ3n) is 4.13. The molecule has 5 heteroatoms. The molecule has 4 unspecified atom stereocenters. The largest absolute Gasteiger partial charge is 0.481 e. The van der Waals surface area contributed by atoms with Gasteiger partial charge in [0.25, 0.3) is 0 Å². The maximum Gasteiger partial charge on any atom is 0.307 e. The van der Waals surface area contributed by atoms with Crippen molar-refractivity contribution in [2.24, 2.45) is 11.8 Å². The van der Waals surface area contributed by atoms with E-state index in [4.69, 9.17) is 0 Å². The highest BCUT2D eigenvalue weighted by molar-refractivity contribution is 8.00. The normalized spacial score (nSPS) is 36.0. The fourth-order valence-corrected chi connectivity index (χ4v) is 4.64. The van der Waals surface area contributed by atoms with Gasteiger partial charge in [-0.25, -0.2) is 0 Å². The topological polar surface area (TPSA) is 57.6 Å². The molecule has 4 nitrogen and oxygen atoms in total. The first-order valence-electron chi connectivity index (χ1n) is 7.16. The van der Waals surface area contributed by atoms with Gasteiger partial charge in [0.15, 0.2) is 0 Å². The maximum absolute atomic E-state index is 12.6. The lowest BCUT2D eigenvalue weighted by molar-refractivity contribution is -0.152. The fraction of sp³-hybridized carbons (Fsp3) is 0.857. The average Bonchev–Trinajstić information content (AvgIpc) is 2.36. The second-order valence-corrected chi connectivity index (χ2v) is 7.72. The van der Waals surface area contributed by atoms with E-state index in [2.05, 4.69) is 13.8 Å². The van der Waals surface area contributed by atoms with Crippen LogP contribution < -0.4 is 0 Å². The molecule has 1 aliphatic carbocycles. The molecule has 1 saturated heterocycles. The Labute approximate surface area is 118 Å². The molecule has 0 aromatic heterocycles. The smallest absolute Gasteiger partial charge is 0.307 e. The summed E-state index contributed by atoms with van der Waals surface area (Å²) in [5.41, 5.74) is 0. The zero-order chi connectivity index (χ0) is 14.0. The maximum atomic E-state index is 12.6. The molecular formula is C14H23NO3S. The number of hydrogen-bond donors (Lipinski definition) is 1. The van der Waals surface area contributed by atoms with Gasteiger partial charge < -0.3 is 10.0 Å². The van der Waals surface area contributed by atoms with Gasteiger partial charge in [0.2, 0.25) is 5.91 Å². The highest BCUT2D eigenvalue weighted by Gasteiger charge is 2.39. The van der Waals surface area contributed by atoms with Crippen molar-refractivity contribution in [3.05, 3.63) is 0 Å². The third kappa shape index (κ3) is 3.44. The molecule has 0 bridgehead atoms. The number of carboxylic acid groups (broad SMARTS) is 1.